The molecule has 0 fully saturated rings. The summed E-state index contributed by atoms with van der Waals surface area (Å²) in [5, 5.41) is 3.75. The Balaban J connectivity index is 1.85. The third kappa shape index (κ3) is 4.82. The molecule has 1 aromatic carbocycles. The molecule has 1 aliphatic rings. The lowest BCUT2D eigenvalue weighted by molar-refractivity contribution is -0.108. The minimum atomic E-state index is -1.73. The number of hydrogen-bond donors (Lipinski definition) is 1. The van der Waals surface area contributed by atoms with E-state index in [-0.39, 0.29) is 16.2 Å². The second kappa shape index (κ2) is 8.00. The molecule has 5 heteroatoms. The Labute approximate surface area is 151 Å². The lowest BCUT2D eigenvalue weighted by Crippen LogP contribution is -2.41. The number of carbonyl (C=O) groups is 1. The zero-order valence-electron chi connectivity index (χ0n) is 15.4. The van der Waals surface area contributed by atoms with Crippen LogP contribution < -0.4 is 5.32 Å². The zero-order chi connectivity index (χ0) is 17.8. The predicted octanol–water partition coefficient (Wildman–Crippen LogP) is 4.54. The quantitative estimate of drug-likeness (QED) is 0.595. The third-order valence-electron chi connectivity index (χ3n) is 4.91. The summed E-state index contributed by atoms with van der Waals surface area (Å²) in [6.45, 7) is 12.6. The van der Waals surface area contributed by atoms with Crippen LogP contribution in [0.1, 0.15) is 32.4 Å². The van der Waals surface area contributed by atoms with E-state index in [2.05, 4.69) is 51.3 Å². The molecule has 0 bridgehead atoms. The number of rotatable bonds is 6. The smallest absolute Gasteiger partial charge is 0.217 e. The van der Waals surface area contributed by atoms with Crippen LogP contribution in [0.25, 0.3) is 0 Å². The molecule has 1 aliphatic heterocycles. The fraction of sp³-hybridized carbons (Fsp3) is 0.526. The van der Waals surface area contributed by atoms with Crippen molar-refractivity contribution in [3.63, 3.8) is 0 Å². The Bertz CT molecular complexity index is 593. The summed E-state index contributed by atoms with van der Waals surface area (Å²) in [6, 6.07) is 10.2. The topological polar surface area (TPSA) is 38.3 Å². The van der Waals surface area contributed by atoms with Crippen LogP contribution in [0.2, 0.25) is 18.1 Å². The molecular weight excluding hydrogens is 334 g/mol. The van der Waals surface area contributed by atoms with Crippen LogP contribution in [0, 0.1) is 0 Å². The maximum atomic E-state index is 12.6. The van der Waals surface area contributed by atoms with E-state index < -0.39 is 8.32 Å². The average Bonchev–Trinajstić information content (AvgIpc) is 3.01. The molecule has 0 saturated carbocycles. The normalized spacial score (nSPS) is 18.5. The summed E-state index contributed by atoms with van der Waals surface area (Å²) in [4.78, 5) is 12.6. The molecule has 132 valence electrons. The summed E-state index contributed by atoms with van der Waals surface area (Å²) < 4.78 is 6.15. The molecule has 0 aromatic heterocycles. The standard InChI is InChI=1S/C19H29NO2SSi/c1-19(2,3)24(4,5)22-13-14-23-18(21)16-11-12-20-17(16)15-9-7-6-8-10-15/h6-11,17,20H,12-14H2,1-5H3/t17-/m0/s1. The molecule has 0 radical (unpaired) electrons. The van der Waals surface area contributed by atoms with Crippen molar-refractivity contribution in [2.75, 3.05) is 18.9 Å². The largest absolute Gasteiger partial charge is 0.416 e. The molecule has 0 unspecified atom stereocenters. The Kier molecular flexibility index (Phi) is 6.48. The van der Waals surface area contributed by atoms with E-state index in [0.717, 1.165) is 17.7 Å². The molecule has 24 heavy (non-hydrogen) atoms. The molecular formula is C19H29NO2SSi. The van der Waals surface area contributed by atoms with Crippen molar-refractivity contribution in [2.45, 2.75) is 44.9 Å². The molecule has 0 aliphatic carbocycles. The molecule has 0 spiro atoms. The minimum absolute atomic E-state index is 0.0208. The van der Waals surface area contributed by atoms with Gasteiger partial charge in [-0.05, 0) is 23.7 Å². The zero-order valence-corrected chi connectivity index (χ0v) is 17.2. The molecule has 2 rings (SSSR count). The van der Waals surface area contributed by atoms with Crippen LogP contribution in [-0.4, -0.2) is 32.3 Å². The summed E-state index contributed by atoms with van der Waals surface area (Å²) in [6.07, 6.45) is 2.02. The fourth-order valence-electron chi connectivity index (χ4n) is 2.39. The van der Waals surface area contributed by atoms with E-state index in [9.17, 15) is 4.79 Å². The highest BCUT2D eigenvalue weighted by atomic mass is 32.2. The van der Waals surface area contributed by atoms with Gasteiger partial charge in [0, 0.05) is 24.5 Å². The number of hydrogen-bond acceptors (Lipinski definition) is 4. The van der Waals surface area contributed by atoms with Crippen molar-refractivity contribution in [3.05, 3.63) is 47.5 Å². The Hall–Kier alpha value is -0.883. The maximum Gasteiger partial charge on any atom is 0.217 e. The summed E-state index contributed by atoms with van der Waals surface area (Å²) in [5.41, 5.74) is 2.02. The van der Waals surface area contributed by atoms with Crippen molar-refractivity contribution in [1.29, 1.82) is 0 Å². The summed E-state index contributed by atoms with van der Waals surface area (Å²) in [7, 11) is -1.73. The van der Waals surface area contributed by atoms with Gasteiger partial charge in [-0.3, -0.25) is 4.79 Å². The monoisotopic (exact) mass is 363 g/mol. The van der Waals surface area contributed by atoms with Gasteiger partial charge in [0.2, 0.25) is 5.12 Å². The fourth-order valence-corrected chi connectivity index (χ4v) is 4.30. The maximum absolute atomic E-state index is 12.6. The van der Waals surface area contributed by atoms with Crippen molar-refractivity contribution in [2.24, 2.45) is 0 Å². The third-order valence-corrected chi connectivity index (χ3v) is 10.3. The van der Waals surface area contributed by atoms with Gasteiger partial charge < -0.3 is 9.74 Å². The van der Waals surface area contributed by atoms with Crippen LogP contribution in [0.5, 0.6) is 0 Å². The van der Waals surface area contributed by atoms with E-state index in [1.807, 2.05) is 24.3 Å². The number of thioether (sulfide) groups is 1. The van der Waals surface area contributed by atoms with Gasteiger partial charge in [0.05, 0.1) is 6.04 Å². The van der Waals surface area contributed by atoms with Crippen molar-refractivity contribution in [1.82, 2.24) is 5.32 Å². The highest BCUT2D eigenvalue weighted by molar-refractivity contribution is 8.14. The average molecular weight is 364 g/mol. The summed E-state index contributed by atoms with van der Waals surface area (Å²) >= 11 is 1.37. The highest BCUT2D eigenvalue weighted by Crippen LogP contribution is 2.36. The lowest BCUT2D eigenvalue weighted by Gasteiger charge is -2.36. The number of benzene rings is 1. The Morgan fingerprint density at radius 1 is 1.29 bits per heavy atom. The van der Waals surface area contributed by atoms with Crippen LogP contribution >= 0.6 is 11.8 Å². The molecule has 1 heterocycles. The SMILES string of the molecule is CC(C)(C)[Si](C)(C)OCCSC(=O)C1=CCN[C@H]1c1ccccc1. The van der Waals surface area contributed by atoms with Gasteiger partial charge in [-0.25, -0.2) is 0 Å². The minimum Gasteiger partial charge on any atom is -0.416 e. The van der Waals surface area contributed by atoms with E-state index in [1.54, 1.807) is 0 Å². The molecule has 1 N–H and O–H groups in total. The van der Waals surface area contributed by atoms with E-state index in [4.69, 9.17) is 4.43 Å². The van der Waals surface area contributed by atoms with Gasteiger partial charge in [0.1, 0.15) is 0 Å². The highest BCUT2D eigenvalue weighted by Gasteiger charge is 2.37. The van der Waals surface area contributed by atoms with E-state index >= 15 is 0 Å². The van der Waals surface area contributed by atoms with Crippen molar-refractivity contribution < 1.29 is 9.22 Å². The molecule has 0 saturated heterocycles. The van der Waals surface area contributed by atoms with Crippen molar-refractivity contribution in [3.8, 4) is 0 Å². The summed E-state index contributed by atoms with van der Waals surface area (Å²) in [5.74, 6) is 0.712. The van der Waals surface area contributed by atoms with Crippen LogP contribution in [-0.2, 0) is 9.22 Å². The molecule has 1 aromatic rings. The van der Waals surface area contributed by atoms with Gasteiger partial charge in [0.25, 0.3) is 0 Å². The van der Waals surface area contributed by atoms with Gasteiger partial charge >= 0.3 is 0 Å². The molecule has 1 atom stereocenters. The van der Waals surface area contributed by atoms with E-state index in [0.29, 0.717) is 12.4 Å². The Morgan fingerprint density at radius 3 is 2.58 bits per heavy atom. The molecule has 0 amide bonds. The van der Waals surface area contributed by atoms with Crippen molar-refractivity contribution >= 4 is 25.2 Å². The van der Waals surface area contributed by atoms with Gasteiger partial charge in [0.15, 0.2) is 8.32 Å². The Morgan fingerprint density at radius 2 is 1.96 bits per heavy atom. The van der Waals surface area contributed by atoms with Gasteiger partial charge in [-0.1, -0.05) is 68.9 Å². The first-order valence-electron chi connectivity index (χ1n) is 8.52. The lowest BCUT2D eigenvalue weighted by atomic mass is 10.0. The van der Waals surface area contributed by atoms with E-state index in [1.165, 1.54) is 11.8 Å². The molecule has 3 nitrogen and oxygen atoms in total. The predicted molar refractivity (Wildman–Crippen MR) is 106 cm³/mol. The van der Waals surface area contributed by atoms with Crippen LogP contribution in [0.4, 0.5) is 0 Å². The first-order chi connectivity index (χ1) is 11.2. The second-order valence-corrected chi connectivity index (χ2v) is 13.5. The second-order valence-electron chi connectivity index (χ2n) is 7.66. The number of carbonyl (C=O) groups excluding carboxylic acids is 1. The first-order valence-corrected chi connectivity index (χ1v) is 12.4. The first kappa shape index (κ1) is 19.4. The van der Waals surface area contributed by atoms with Crippen LogP contribution in [0.3, 0.4) is 0 Å². The van der Waals surface area contributed by atoms with Crippen LogP contribution in [0.15, 0.2) is 42.0 Å². The van der Waals surface area contributed by atoms with Gasteiger partial charge in [-0.15, -0.1) is 0 Å². The van der Waals surface area contributed by atoms with Gasteiger partial charge in [-0.2, -0.15) is 0 Å². The number of nitrogens with one attached hydrogen (secondary N) is 1.